The van der Waals surface area contributed by atoms with Crippen LogP contribution in [0.2, 0.25) is 5.15 Å². The fourth-order valence-corrected chi connectivity index (χ4v) is 2.19. The zero-order chi connectivity index (χ0) is 14.0. The highest BCUT2D eigenvalue weighted by atomic mass is 79.9. The third kappa shape index (κ3) is 3.11. The molecule has 1 aromatic heterocycles. The molecule has 0 amide bonds. The maximum Gasteiger partial charge on any atom is 0.328 e. The molecule has 0 aromatic carbocycles. The van der Waals surface area contributed by atoms with Gasteiger partial charge in [0.2, 0.25) is 0 Å². The Hall–Kier alpha value is -0.880. The van der Waals surface area contributed by atoms with E-state index in [1.807, 2.05) is 13.8 Å². The van der Waals surface area contributed by atoms with Crippen molar-refractivity contribution in [1.82, 2.24) is 9.78 Å². The lowest BCUT2D eigenvalue weighted by molar-refractivity contribution is -0.141. The molecule has 0 radical (unpaired) electrons. The summed E-state index contributed by atoms with van der Waals surface area (Å²) in [5.41, 5.74) is 0.0246. The molecule has 1 atom stereocenters. The second-order valence-corrected chi connectivity index (χ2v) is 5.61. The van der Waals surface area contributed by atoms with Gasteiger partial charge in [-0.1, -0.05) is 25.4 Å². The molecule has 0 saturated carbocycles. The van der Waals surface area contributed by atoms with Gasteiger partial charge in [0.1, 0.15) is 0 Å². The summed E-state index contributed by atoms with van der Waals surface area (Å²) in [6.07, 6.45) is 0.314. The van der Waals surface area contributed by atoms with Crippen LogP contribution in [-0.2, 0) is 4.79 Å². The number of halogens is 2. The number of nitrogens with zero attached hydrogens (tertiary/aromatic N) is 2. The van der Waals surface area contributed by atoms with Crippen molar-refractivity contribution in [3.8, 4) is 0 Å². The van der Waals surface area contributed by atoms with E-state index in [0.29, 0.717) is 12.0 Å². The molecule has 0 aliphatic carbocycles. The van der Waals surface area contributed by atoms with Crippen LogP contribution in [0.1, 0.15) is 31.9 Å². The van der Waals surface area contributed by atoms with Gasteiger partial charge in [-0.15, -0.1) is 0 Å². The van der Waals surface area contributed by atoms with Crippen LogP contribution in [-0.4, -0.2) is 20.9 Å². The van der Waals surface area contributed by atoms with Gasteiger partial charge in [0, 0.05) is 5.56 Å². The Morgan fingerprint density at radius 1 is 1.56 bits per heavy atom. The first kappa shape index (κ1) is 15.2. The Morgan fingerprint density at radius 3 is 2.56 bits per heavy atom. The van der Waals surface area contributed by atoms with E-state index in [9.17, 15) is 14.7 Å². The Bertz CT molecular complexity index is 528. The van der Waals surface area contributed by atoms with Gasteiger partial charge >= 0.3 is 5.97 Å². The number of aromatic nitrogens is 2. The number of hydrogen-bond acceptors (Lipinski definition) is 3. The lowest BCUT2D eigenvalue weighted by Crippen LogP contribution is -2.34. The van der Waals surface area contributed by atoms with E-state index in [-0.39, 0.29) is 15.5 Å². The number of carboxylic acids is 1. The van der Waals surface area contributed by atoms with Gasteiger partial charge in [-0.25, -0.2) is 9.48 Å². The summed E-state index contributed by atoms with van der Waals surface area (Å²) in [6, 6.07) is -1.01. The molecule has 0 unspecified atom stereocenters. The van der Waals surface area contributed by atoms with Gasteiger partial charge in [0.25, 0.3) is 5.56 Å². The third-order valence-electron chi connectivity index (χ3n) is 2.51. The smallest absolute Gasteiger partial charge is 0.328 e. The Kier molecular flexibility index (Phi) is 4.92. The molecular formula is C11H14BrClN2O3. The number of hydrogen-bond donors (Lipinski definition) is 1. The van der Waals surface area contributed by atoms with Crippen LogP contribution >= 0.6 is 27.5 Å². The number of rotatable bonds is 4. The number of carbonyl (C=O) groups is 1. The second-order valence-electron chi connectivity index (χ2n) is 4.46. The normalized spacial score (nSPS) is 12.8. The zero-order valence-electron chi connectivity index (χ0n) is 10.3. The largest absolute Gasteiger partial charge is 0.480 e. The molecule has 1 rings (SSSR count). The topological polar surface area (TPSA) is 72.2 Å². The van der Waals surface area contributed by atoms with Crippen molar-refractivity contribution in [3.05, 3.63) is 25.5 Å². The van der Waals surface area contributed by atoms with Crippen molar-refractivity contribution in [1.29, 1.82) is 0 Å². The SMILES string of the molecule is Cc1c(Cl)nn([C@@H](CC(C)C)C(=O)O)c(=O)c1Br. The quantitative estimate of drug-likeness (QED) is 0.916. The van der Waals surface area contributed by atoms with Crippen molar-refractivity contribution >= 4 is 33.5 Å². The molecule has 18 heavy (non-hydrogen) atoms. The molecule has 1 heterocycles. The highest BCUT2D eigenvalue weighted by Crippen LogP contribution is 2.21. The van der Waals surface area contributed by atoms with Gasteiger partial charge in [-0.05, 0) is 35.2 Å². The highest BCUT2D eigenvalue weighted by Gasteiger charge is 2.25. The average molecular weight is 338 g/mol. The van der Waals surface area contributed by atoms with Gasteiger partial charge < -0.3 is 5.11 Å². The van der Waals surface area contributed by atoms with E-state index in [1.54, 1.807) is 6.92 Å². The van der Waals surface area contributed by atoms with Crippen LogP contribution in [0.3, 0.4) is 0 Å². The van der Waals surface area contributed by atoms with Crippen molar-refractivity contribution in [3.63, 3.8) is 0 Å². The predicted octanol–water partition coefficient (Wildman–Crippen LogP) is 2.64. The lowest BCUT2D eigenvalue weighted by Gasteiger charge is -2.17. The first-order valence-electron chi connectivity index (χ1n) is 5.43. The molecule has 100 valence electrons. The summed E-state index contributed by atoms with van der Waals surface area (Å²) in [7, 11) is 0. The maximum atomic E-state index is 12.0. The molecule has 0 aliphatic rings. The fraction of sp³-hybridized carbons (Fsp3) is 0.545. The van der Waals surface area contributed by atoms with Gasteiger partial charge in [-0.3, -0.25) is 4.79 Å². The van der Waals surface area contributed by atoms with Crippen LogP contribution in [0, 0.1) is 12.8 Å². The maximum absolute atomic E-state index is 12.0. The standard InChI is InChI=1S/C11H14BrClN2O3/c1-5(2)4-7(11(17)18)15-10(16)8(12)6(3)9(13)14-15/h5,7H,4H2,1-3H3,(H,17,18)/t7-/m0/s1. The Morgan fingerprint density at radius 2 is 2.11 bits per heavy atom. The lowest BCUT2D eigenvalue weighted by atomic mass is 10.0. The van der Waals surface area contributed by atoms with Crippen LogP contribution in [0.15, 0.2) is 9.27 Å². The van der Waals surface area contributed by atoms with E-state index in [0.717, 1.165) is 4.68 Å². The molecule has 7 heteroatoms. The van der Waals surface area contributed by atoms with Crippen LogP contribution < -0.4 is 5.56 Å². The van der Waals surface area contributed by atoms with E-state index >= 15 is 0 Å². The van der Waals surface area contributed by atoms with Crippen LogP contribution in [0.5, 0.6) is 0 Å². The molecule has 0 fully saturated rings. The van der Waals surface area contributed by atoms with Crippen LogP contribution in [0.25, 0.3) is 0 Å². The summed E-state index contributed by atoms with van der Waals surface area (Å²) in [5.74, 6) is -0.969. The molecule has 0 spiro atoms. The molecule has 1 aromatic rings. The first-order chi connectivity index (χ1) is 8.25. The van der Waals surface area contributed by atoms with Gasteiger partial charge in [0.05, 0.1) is 4.47 Å². The van der Waals surface area contributed by atoms with E-state index in [1.165, 1.54) is 0 Å². The monoisotopic (exact) mass is 336 g/mol. The minimum absolute atomic E-state index is 0.122. The van der Waals surface area contributed by atoms with Crippen molar-refractivity contribution in [2.24, 2.45) is 5.92 Å². The first-order valence-corrected chi connectivity index (χ1v) is 6.60. The number of carboxylic acid groups (broad SMARTS) is 1. The Labute approximate surface area is 118 Å². The summed E-state index contributed by atoms with van der Waals surface area (Å²) in [6.45, 7) is 5.40. The second kappa shape index (κ2) is 5.84. The highest BCUT2D eigenvalue weighted by molar-refractivity contribution is 9.10. The van der Waals surface area contributed by atoms with Crippen molar-refractivity contribution in [2.75, 3.05) is 0 Å². The summed E-state index contributed by atoms with van der Waals surface area (Å²) in [5, 5.41) is 13.2. The fourth-order valence-electron chi connectivity index (χ4n) is 1.53. The summed E-state index contributed by atoms with van der Waals surface area (Å²) in [4.78, 5) is 23.2. The van der Waals surface area contributed by atoms with Gasteiger partial charge in [-0.2, -0.15) is 5.10 Å². The Balaban J connectivity index is 3.38. The molecule has 5 nitrogen and oxygen atoms in total. The molecule has 0 saturated heterocycles. The molecule has 1 N–H and O–H groups in total. The zero-order valence-corrected chi connectivity index (χ0v) is 12.6. The average Bonchev–Trinajstić information content (AvgIpc) is 2.28. The van der Waals surface area contributed by atoms with Crippen molar-refractivity contribution < 1.29 is 9.90 Å². The van der Waals surface area contributed by atoms with Crippen LogP contribution in [0.4, 0.5) is 0 Å². The minimum Gasteiger partial charge on any atom is -0.480 e. The minimum atomic E-state index is -1.09. The predicted molar refractivity (Wildman–Crippen MR) is 72.1 cm³/mol. The molecular weight excluding hydrogens is 323 g/mol. The molecule has 0 aliphatic heterocycles. The summed E-state index contributed by atoms with van der Waals surface area (Å²) < 4.78 is 1.18. The summed E-state index contributed by atoms with van der Waals surface area (Å²) >= 11 is 9.00. The number of aliphatic carboxylic acids is 1. The third-order valence-corrected chi connectivity index (χ3v) is 3.80. The van der Waals surface area contributed by atoms with Crippen molar-refractivity contribution in [2.45, 2.75) is 33.2 Å². The van der Waals surface area contributed by atoms with E-state index in [2.05, 4.69) is 21.0 Å². The van der Waals surface area contributed by atoms with Gasteiger partial charge in [0.15, 0.2) is 11.2 Å². The van der Waals surface area contributed by atoms with E-state index < -0.39 is 17.6 Å². The molecule has 0 bridgehead atoms. The van der Waals surface area contributed by atoms with E-state index in [4.69, 9.17) is 11.6 Å².